The van der Waals surface area contributed by atoms with Crippen LogP contribution in [-0.2, 0) is 11.0 Å². The molecule has 7 heteroatoms. The maximum absolute atomic E-state index is 12.6. The molecule has 0 aliphatic carbocycles. The highest BCUT2D eigenvalue weighted by Gasteiger charge is 2.30. The molecule has 2 rings (SSSR count). The highest BCUT2D eigenvalue weighted by atomic mass is 19.4. The Bertz CT molecular complexity index is 694. The molecular weight excluding hydrogens is 299 g/mol. The Morgan fingerprint density at radius 1 is 1.23 bits per heavy atom. The third-order valence-corrected chi connectivity index (χ3v) is 2.56. The average molecular weight is 309 g/mol. The molecule has 0 radical (unpaired) electrons. The van der Waals surface area contributed by atoms with Crippen molar-refractivity contribution in [1.29, 1.82) is 0 Å². The van der Waals surface area contributed by atoms with Gasteiger partial charge in [-0.15, -0.1) is 0 Å². The van der Waals surface area contributed by atoms with Gasteiger partial charge in [0.2, 0.25) is 5.88 Å². The van der Waals surface area contributed by atoms with Crippen LogP contribution in [0.3, 0.4) is 0 Å². The third kappa shape index (κ3) is 4.34. The topological polar surface area (TPSA) is 59.4 Å². The van der Waals surface area contributed by atoms with Gasteiger partial charge in [0.1, 0.15) is 5.75 Å². The number of carbonyl (C=O) groups is 1. The zero-order valence-electron chi connectivity index (χ0n) is 11.0. The normalized spacial score (nSPS) is 11.6. The van der Waals surface area contributed by atoms with Gasteiger partial charge < -0.3 is 9.84 Å². The van der Waals surface area contributed by atoms with E-state index in [-0.39, 0.29) is 11.6 Å². The monoisotopic (exact) mass is 309 g/mol. The van der Waals surface area contributed by atoms with Crippen LogP contribution in [0.2, 0.25) is 0 Å². The van der Waals surface area contributed by atoms with Crippen LogP contribution in [0.5, 0.6) is 11.6 Å². The third-order valence-electron chi connectivity index (χ3n) is 2.56. The number of halogens is 3. The van der Waals surface area contributed by atoms with E-state index in [0.29, 0.717) is 5.56 Å². The molecule has 0 unspecified atom stereocenters. The maximum atomic E-state index is 12.6. The van der Waals surface area contributed by atoms with Crippen LogP contribution >= 0.6 is 0 Å². The number of carboxylic acid groups (broad SMARTS) is 1. The Morgan fingerprint density at radius 3 is 2.59 bits per heavy atom. The van der Waals surface area contributed by atoms with Crippen molar-refractivity contribution in [2.45, 2.75) is 6.18 Å². The average Bonchev–Trinajstić information content (AvgIpc) is 2.46. The summed E-state index contributed by atoms with van der Waals surface area (Å²) in [6.45, 7) is 0. The van der Waals surface area contributed by atoms with Gasteiger partial charge in [-0.3, -0.25) is 0 Å². The predicted octanol–water partition coefficient (Wildman–Crippen LogP) is 3.99. The van der Waals surface area contributed by atoms with Crippen LogP contribution in [0.4, 0.5) is 13.2 Å². The van der Waals surface area contributed by atoms with E-state index in [1.54, 1.807) is 0 Å². The van der Waals surface area contributed by atoms with Gasteiger partial charge >= 0.3 is 12.1 Å². The molecule has 0 spiro atoms. The zero-order valence-corrected chi connectivity index (χ0v) is 11.0. The summed E-state index contributed by atoms with van der Waals surface area (Å²) in [5.74, 6) is -0.979. The fraction of sp³-hybridized carbons (Fsp3) is 0.0667. The number of aliphatic carboxylic acids is 1. The van der Waals surface area contributed by atoms with Crippen LogP contribution in [0.1, 0.15) is 11.1 Å². The number of aromatic nitrogens is 1. The minimum Gasteiger partial charge on any atom is -0.478 e. The Hall–Kier alpha value is -2.83. The second kappa shape index (κ2) is 6.30. The number of carboxylic acids is 1. The molecule has 0 fully saturated rings. The van der Waals surface area contributed by atoms with Crippen molar-refractivity contribution in [3.05, 3.63) is 59.8 Å². The molecule has 0 aliphatic rings. The number of rotatable bonds is 4. The molecule has 0 saturated heterocycles. The van der Waals surface area contributed by atoms with Gasteiger partial charge in [-0.2, -0.15) is 13.2 Å². The van der Waals surface area contributed by atoms with E-state index < -0.39 is 17.7 Å². The van der Waals surface area contributed by atoms with Crippen LogP contribution in [0.25, 0.3) is 6.08 Å². The van der Waals surface area contributed by atoms with E-state index in [9.17, 15) is 18.0 Å². The van der Waals surface area contributed by atoms with Crippen molar-refractivity contribution in [3.63, 3.8) is 0 Å². The molecule has 0 saturated carbocycles. The van der Waals surface area contributed by atoms with Crippen molar-refractivity contribution in [3.8, 4) is 11.6 Å². The Morgan fingerprint density at radius 2 is 2.00 bits per heavy atom. The number of hydrogen-bond acceptors (Lipinski definition) is 3. The smallest absolute Gasteiger partial charge is 0.416 e. The minimum absolute atomic E-state index is 0.0103. The Balaban J connectivity index is 2.13. The summed E-state index contributed by atoms with van der Waals surface area (Å²) in [6.07, 6.45) is -0.811. The number of nitrogens with zero attached hydrogens (tertiary/aromatic N) is 1. The van der Waals surface area contributed by atoms with Crippen molar-refractivity contribution in [2.24, 2.45) is 0 Å². The lowest BCUT2D eigenvalue weighted by atomic mass is 10.2. The number of hydrogen-bond donors (Lipinski definition) is 1. The molecule has 2 aromatic rings. The molecule has 1 aromatic heterocycles. The molecule has 0 aliphatic heterocycles. The van der Waals surface area contributed by atoms with E-state index in [1.165, 1.54) is 36.5 Å². The van der Waals surface area contributed by atoms with Crippen LogP contribution < -0.4 is 4.74 Å². The molecular formula is C15H10F3NO3. The first-order valence-corrected chi connectivity index (χ1v) is 6.07. The number of ether oxygens (including phenoxy) is 1. The van der Waals surface area contributed by atoms with Crippen molar-refractivity contribution >= 4 is 12.0 Å². The van der Waals surface area contributed by atoms with Gasteiger partial charge in [0.25, 0.3) is 0 Å². The fourth-order valence-electron chi connectivity index (χ4n) is 1.57. The molecule has 0 atom stereocenters. The van der Waals surface area contributed by atoms with Crippen LogP contribution in [-0.4, -0.2) is 16.1 Å². The fourth-order valence-corrected chi connectivity index (χ4v) is 1.57. The van der Waals surface area contributed by atoms with E-state index in [1.807, 2.05) is 0 Å². The lowest BCUT2D eigenvalue weighted by molar-refractivity contribution is -0.137. The molecule has 1 heterocycles. The predicted molar refractivity (Wildman–Crippen MR) is 72.4 cm³/mol. The minimum atomic E-state index is -4.45. The van der Waals surface area contributed by atoms with Crippen molar-refractivity contribution in [2.75, 3.05) is 0 Å². The summed E-state index contributed by atoms with van der Waals surface area (Å²) < 4.78 is 43.0. The van der Waals surface area contributed by atoms with E-state index >= 15 is 0 Å². The lowest BCUT2D eigenvalue weighted by Gasteiger charge is -2.09. The maximum Gasteiger partial charge on any atom is 0.416 e. The molecule has 22 heavy (non-hydrogen) atoms. The molecule has 0 bridgehead atoms. The van der Waals surface area contributed by atoms with Gasteiger partial charge in [0.15, 0.2) is 0 Å². The second-order valence-electron chi connectivity index (χ2n) is 4.23. The standard InChI is InChI=1S/C15H10F3NO3/c16-15(17,18)11-2-1-3-12(8-11)22-13-6-4-10(9-19-13)5-7-14(20)21/h1-9H,(H,20,21)/b7-5+. The van der Waals surface area contributed by atoms with Crippen molar-refractivity contribution in [1.82, 2.24) is 4.98 Å². The van der Waals surface area contributed by atoms with Gasteiger partial charge in [0, 0.05) is 18.3 Å². The largest absolute Gasteiger partial charge is 0.478 e. The summed E-state index contributed by atoms with van der Waals surface area (Å²) >= 11 is 0. The summed E-state index contributed by atoms with van der Waals surface area (Å²) in [5, 5.41) is 8.49. The molecule has 0 amide bonds. The van der Waals surface area contributed by atoms with Gasteiger partial charge in [-0.05, 0) is 35.9 Å². The summed E-state index contributed by atoms with van der Waals surface area (Å²) in [4.78, 5) is 14.3. The summed E-state index contributed by atoms with van der Waals surface area (Å²) in [6, 6.07) is 7.41. The SMILES string of the molecule is O=C(O)/C=C/c1ccc(Oc2cccc(C(F)(F)F)c2)nc1. The molecule has 4 nitrogen and oxygen atoms in total. The second-order valence-corrected chi connectivity index (χ2v) is 4.23. The number of benzene rings is 1. The zero-order chi connectivity index (χ0) is 16.2. The van der Waals surface area contributed by atoms with Crippen LogP contribution in [0.15, 0.2) is 48.7 Å². The number of pyridine rings is 1. The van der Waals surface area contributed by atoms with Crippen LogP contribution in [0, 0.1) is 0 Å². The van der Waals surface area contributed by atoms with Gasteiger partial charge in [-0.25, -0.2) is 9.78 Å². The number of alkyl halides is 3. The summed E-state index contributed by atoms with van der Waals surface area (Å²) in [5.41, 5.74) is -0.287. The Labute approximate surface area is 123 Å². The quantitative estimate of drug-likeness (QED) is 0.868. The molecule has 1 aromatic carbocycles. The Kier molecular flexibility index (Phi) is 4.45. The molecule has 114 valence electrons. The highest BCUT2D eigenvalue weighted by Crippen LogP contribution is 2.32. The van der Waals surface area contributed by atoms with Gasteiger partial charge in [0.05, 0.1) is 5.56 Å². The van der Waals surface area contributed by atoms with E-state index in [4.69, 9.17) is 9.84 Å². The van der Waals surface area contributed by atoms with Crippen molar-refractivity contribution < 1.29 is 27.8 Å². The first-order chi connectivity index (χ1) is 10.3. The van der Waals surface area contributed by atoms with Gasteiger partial charge in [-0.1, -0.05) is 6.07 Å². The first-order valence-electron chi connectivity index (χ1n) is 6.07. The lowest BCUT2D eigenvalue weighted by Crippen LogP contribution is -2.04. The first kappa shape index (κ1) is 15.6. The van der Waals surface area contributed by atoms with E-state index in [0.717, 1.165) is 18.2 Å². The summed E-state index contributed by atoms with van der Waals surface area (Å²) in [7, 11) is 0. The highest BCUT2D eigenvalue weighted by molar-refractivity contribution is 5.85. The van der Waals surface area contributed by atoms with E-state index in [2.05, 4.69) is 4.98 Å². The molecule has 1 N–H and O–H groups in total.